The van der Waals surface area contributed by atoms with Crippen molar-refractivity contribution in [3.8, 4) is 0 Å². The number of hydrogen-bond donors (Lipinski definition) is 3. The third kappa shape index (κ3) is 3.92. The van der Waals surface area contributed by atoms with Crippen LogP contribution in [0.15, 0.2) is 24.3 Å². The molecule has 1 aliphatic heterocycles. The van der Waals surface area contributed by atoms with Crippen LogP contribution in [0.2, 0.25) is 0 Å². The van der Waals surface area contributed by atoms with Crippen molar-refractivity contribution in [2.45, 2.75) is 18.8 Å². The molecule has 1 aromatic rings. The van der Waals surface area contributed by atoms with E-state index < -0.39 is 11.7 Å². The summed E-state index contributed by atoms with van der Waals surface area (Å²) in [6, 6.07) is 5.12. The fourth-order valence-electron chi connectivity index (χ4n) is 2.14. The Morgan fingerprint density at radius 3 is 2.42 bits per heavy atom. The van der Waals surface area contributed by atoms with Crippen LogP contribution in [0.1, 0.15) is 11.1 Å². The summed E-state index contributed by atoms with van der Waals surface area (Å²) in [6.45, 7) is 2.52. The van der Waals surface area contributed by atoms with E-state index in [1.165, 1.54) is 12.1 Å². The SMILES string of the molecule is OC1CNCC1CNCc1ccc(C(F)(F)F)cc1. The molecule has 1 heterocycles. The molecule has 1 aromatic carbocycles. The number of β-amino-alcohol motifs (C(OH)–C–C–N with tert-alkyl or cyclic N) is 1. The summed E-state index contributed by atoms with van der Waals surface area (Å²) in [5.74, 6) is 0.162. The normalized spacial score (nSPS) is 23.8. The number of halogens is 3. The first-order chi connectivity index (χ1) is 8.97. The Kier molecular flexibility index (Phi) is 4.44. The predicted octanol–water partition coefficient (Wildman–Crippen LogP) is 1.38. The van der Waals surface area contributed by atoms with Crippen LogP contribution in [-0.4, -0.2) is 30.8 Å². The molecule has 0 bridgehead atoms. The highest BCUT2D eigenvalue weighted by atomic mass is 19.4. The van der Waals surface area contributed by atoms with Crippen LogP contribution in [0.4, 0.5) is 13.2 Å². The molecule has 0 aliphatic carbocycles. The fraction of sp³-hybridized carbons (Fsp3) is 0.538. The third-order valence-corrected chi connectivity index (χ3v) is 3.32. The molecule has 3 N–H and O–H groups in total. The van der Waals surface area contributed by atoms with Gasteiger partial charge in [0.15, 0.2) is 0 Å². The summed E-state index contributed by atoms with van der Waals surface area (Å²) < 4.78 is 37.1. The van der Waals surface area contributed by atoms with E-state index in [1.54, 1.807) is 0 Å². The van der Waals surface area contributed by atoms with E-state index in [0.29, 0.717) is 19.6 Å². The van der Waals surface area contributed by atoms with E-state index in [-0.39, 0.29) is 12.0 Å². The first-order valence-electron chi connectivity index (χ1n) is 6.22. The lowest BCUT2D eigenvalue weighted by molar-refractivity contribution is -0.137. The zero-order valence-electron chi connectivity index (χ0n) is 10.4. The maximum atomic E-state index is 12.4. The minimum Gasteiger partial charge on any atom is -0.391 e. The average Bonchev–Trinajstić information content (AvgIpc) is 2.75. The maximum Gasteiger partial charge on any atom is 0.416 e. The van der Waals surface area contributed by atoms with Crippen molar-refractivity contribution in [1.82, 2.24) is 10.6 Å². The van der Waals surface area contributed by atoms with Crippen molar-refractivity contribution in [3.63, 3.8) is 0 Å². The van der Waals surface area contributed by atoms with Crippen LogP contribution < -0.4 is 10.6 Å². The molecule has 6 heteroatoms. The van der Waals surface area contributed by atoms with E-state index in [2.05, 4.69) is 10.6 Å². The summed E-state index contributed by atoms with van der Waals surface area (Å²) in [5, 5.41) is 15.8. The van der Waals surface area contributed by atoms with Gasteiger partial charge in [0.2, 0.25) is 0 Å². The third-order valence-electron chi connectivity index (χ3n) is 3.32. The largest absolute Gasteiger partial charge is 0.416 e. The minimum atomic E-state index is -4.29. The molecular formula is C13H17F3N2O. The first-order valence-corrected chi connectivity index (χ1v) is 6.22. The molecule has 2 atom stereocenters. The molecule has 0 radical (unpaired) electrons. The van der Waals surface area contributed by atoms with E-state index >= 15 is 0 Å². The van der Waals surface area contributed by atoms with Crippen molar-refractivity contribution in [2.24, 2.45) is 5.92 Å². The molecule has 0 spiro atoms. The summed E-state index contributed by atoms with van der Waals surface area (Å²) in [7, 11) is 0. The van der Waals surface area contributed by atoms with E-state index in [9.17, 15) is 18.3 Å². The number of rotatable bonds is 4. The Balaban J connectivity index is 1.80. The first kappa shape index (κ1) is 14.3. The highest BCUT2D eigenvalue weighted by Gasteiger charge is 2.30. The Morgan fingerprint density at radius 1 is 1.21 bits per heavy atom. The second-order valence-corrected chi connectivity index (χ2v) is 4.81. The lowest BCUT2D eigenvalue weighted by Gasteiger charge is -2.14. The smallest absolute Gasteiger partial charge is 0.391 e. The van der Waals surface area contributed by atoms with Gasteiger partial charge >= 0.3 is 6.18 Å². The Morgan fingerprint density at radius 2 is 1.89 bits per heavy atom. The number of alkyl halides is 3. The molecule has 2 unspecified atom stereocenters. The van der Waals surface area contributed by atoms with Gasteiger partial charge in [0.25, 0.3) is 0 Å². The molecule has 0 saturated carbocycles. The lowest BCUT2D eigenvalue weighted by atomic mass is 10.1. The molecule has 1 aliphatic rings. The van der Waals surface area contributed by atoms with E-state index in [0.717, 1.165) is 24.2 Å². The highest BCUT2D eigenvalue weighted by molar-refractivity contribution is 5.24. The molecule has 1 fully saturated rings. The van der Waals surface area contributed by atoms with E-state index in [4.69, 9.17) is 0 Å². The van der Waals surface area contributed by atoms with Crippen LogP contribution >= 0.6 is 0 Å². The second kappa shape index (κ2) is 5.90. The lowest BCUT2D eigenvalue weighted by Crippen LogP contribution is -2.30. The van der Waals surface area contributed by atoms with Crippen LogP contribution in [0, 0.1) is 5.92 Å². The molecule has 0 aromatic heterocycles. The number of benzene rings is 1. The van der Waals surface area contributed by atoms with Crippen LogP contribution in [0.5, 0.6) is 0 Å². The molecule has 2 rings (SSSR count). The number of aliphatic hydroxyl groups is 1. The van der Waals surface area contributed by atoms with Crippen molar-refractivity contribution < 1.29 is 18.3 Å². The van der Waals surface area contributed by atoms with Gasteiger partial charge in [-0.1, -0.05) is 12.1 Å². The zero-order valence-corrected chi connectivity index (χ0v) is 10.4. The molecule has 0 amide bonds. The quantitative estimate of drug-likeness (QED) is 0.777. The topological polar surface area (TPSA) is 44.3 Å². The standard InChI is InChI=1S/C13H17F3N2O/c14-13(15,16)11-3-1-9(2-4-11)5-17-6-10-7-18-8-12(10)19/h1-4,10,12,17-19H,5-8H2. The van der Waals surface area contributed by atoms with Gasteiger partial charge in [-0.05, 0) is 17.7 Å². The predicted molar refractivity (Wildman–Crippen MR) is 65.5 cm³/mol. The molecule has 3 nitrogen and oxygen atoms in total. The molecule has 106 valence electrons. The van der Waals surface area contributed by atoms with Gasteiger partial charge in [0, 0.05) is 32.1 Å². The average molecular weight is 274 g/mol. The fourth-order valence-corrected chi connectivity index (χ4v) is 2.14. The van der Waals surface area contributed by atoms with Gasteiger partial charge in [-0.25, -0.2) is 0 Å². The second-order valence-electron chi connectivity index (χ2n) is 4.81. The summed E-state index contributed by atoms with van der Waals surface area (Å²) in [6.07, 6.45) is -4.63. The van der Waals surface area contributed by atoms with Gasteiger partial charge in [0.05, 0.1) is 11.7 Å². The van der Waals surface area contributed by atoms with Crippen molar-refractivity contribution in [2.75, 3.05) is 19.6 Å². The molecule has 19 heavy (non-hydrogen) atoms. The highest BCUT2D eigenvalue weighted by Crippen LogP contribution is 2.29. The van der Waals surface area contributed by atoms with Crippen LogP contribution in [0.3, 0.4) is 0 Å². The van der Waals surface area contributed by atoms with Crippen molar-refractivity contribution >= 4 is 0 Å². The molecular weight excluding hydrogens is 257 g/mol. The van der Waals surface area contributed by atoms with Crippen LogP contribution in [-0.2, 0) is 12.7 Å². The Labute approximate surface area is 109 Å². The zero-order chi connectivity index (χ0) is 13.9. The number of nitrogens with one attached hydrogen (secondary N) is 2. The monoisotopic (exact) mass is 274 g/mol. The van der Waals surface area contributed by atoms with Gasteiger partial charge in [-0.3, -0.25) is 0 Å². The van der Waals surface area contributed by atoms with Crippen molar-refractivity contribution in [3.05, 3.63) is 35.4 Å². The Hall–Kier alpha value is -1.11. The Bertz CT molecular complexity index is 405. The molecule has 1 saturated heterocycles. The van der Waals surface area contributed by atoms with Gasteiger partial charge in [-0.15, -0.1) is 0 Å². The van der Waals surface area contributed by atoms with Crippen molar-refractivity contribution in [1.29, 1.82) is 0 Å². The maximum absolute atomic E-state index is 12.4. The number of hydrogen-bond acceptors (Lipinski definition) is 3. The summed E-state index contributed by atoms with van der Waals surface area (Å²) in [5.41, 5.74) is 0.167. The minimum absolute atomic E-state index is 0.162. The van der Waals surface area contributed by atoms with Crippen LogP contribution in [0.25, 0.3) is 0 Å². The van der Waals surface area contributed by atoms with E-state index in [1.807, 2.05) is 0 Å². The number of aliphatic hydroxyl groups excluding tert-OH is 1. The van der Waals surface area contributed by atoms with Gasteiger partial charge in [0.1, 0.15) is 0 Å². The summed E-state index contributed by atoms with van der Waals surface area (Å²) >= 11 is 0. The van der Waals surface area contributed by atoms with Gasteiger partial charge in [-0.2, -0.15) is 13.2 Å². The summed E-state index contributed by atoms with van der Waals surface area (Å²) in [4.78, 5) is 0. The van der Waals surface area contributed by atoms with Gasteiger partial charge < -0.3 is 15.7 Å².